The molecule has 0 amide bonds. The Morgan fingerprint density at radius 3 is 1.94 bits per heavy atom. The van der Waals surface area contributed by atoms with E-state index >= 15 is 0 Å². The van der Waals surface area contributed by atoms with Crippen molar-refractivity contribution < 1.29 is 0 Å². The van der Waals surface area contributed by atoms with Gasteiger partial charge in [-0.05, 0) is 75.2 Å². The molecule has 0 aromatic rings. The van der Waals surface area contributed by atoms with E-state index in [1.165, 1.54) is 45.1 Å². The zero-order valence-corrected chi connectivity index (χ0v) is 11.8. The number of nitrogens with two attached hydrogens (primary N) is 1. The molecule has 102 valence electrons. The highest BCUT2D eigenvalue weighted by Gasteiger charge is 2.60. The van der Waals surface area contributed by atoms with Crippen LogP contribution in [0.25, 0.3) is 0 Å². The molecule has 2 heteroatoms. The van der Waals surface area contributed by atoms with Crippen molar-refractivity contribution in [1.82, 2.24) is 4.90 Å². The topological polar surface area (TPSA) is 29.3 Å². The predicted molar refractivity (Wildman–Crippen MR) is 74.2 cm³/mol. The van der Waals surface area contributed by atoms with E-state index in [4.69, 9.17) is 5.73 Å². The monoisotopic (exact) mass is 248 g/mol. The fourth-order valence-corrected chi connectivity index (χ4v) is 6.20. The fraction of sp³-hybridized carbons (Fsp3) is 1.00. The molecule has 5 aliphatic carbocycles. The molecule has 5 saturated carbocycles. The van der Waals surface area contributed by atoms with Crippen LogP contribution in [0.1, 0.15) is 51.9 Å². The molecule has 0 atom stereocenters. The van der Waals surface area contributed by atoms with Crippen LogP contribution in [0.5, 0.6) is 0 Å². The van der Waals surface area contributed by atoms with Gasteiger partial charge in [-0.25, -0.2) is 0 Å². The summed E-state index contributed by atoms with van der Waals surface area (Å²) >= 11 is 0. The van der Waals surface area contributed by atoms with Gasteiger partial charge in [0.15, 0.2) is 0 Å². The largest absolute Gasteiger partial charge is 0.329 e. The molecule has 5 aliphatic rings. The Kier molecular flexibility index (Phi) is 2.58. The van der Waals surface area contributed by atoms with Crippen molar-refractivity contribution in [3.63, 3.8) is 0 Å². The minimum Gasteiger partial charge on any atom is -0.329 e. The summed E-state index contributed by atoms with van der Waals surface area (Å²) in [5.41, 5.74) is 6.80. The van der Waals surface area contributed by atoms with Gasteiger partial charge >= 0.3 is 0 Å². The van der Waals surface area contributed by atoms with Gasteiger partial charge in [-0.15, -0.1) is 0 Å². The zero-order chi connectivity index (χ0) is 12.3. The third-order valence-electron chi connectivity index (χ3n) is 6.74. The molecule has 2 nitrogen and oxygen atoms in total. The van der Waals surface area contributed by atoms with Crippen LogP contribution in [0.15, 0.2) is 0 Å². The van der Waals surface area contributed by atoms with Crippen LogP contribution < -0.4 is 5.73 Å². The van der Waals surface area contributed by atoms with Gasteiger partial charge in [-0.1, -0.05) is 6.92 Å². The molecule has 0 spiro atoms. The second-order valence-electron chi connectivity index (χ2n) is 7.52. The summed E-state index contributed by atoms with van der Waals surface area (Å²) in [5.74, 6) is 3.98. The van der Waals surface area contributed by atoms with E-state index in [1.807, 2.05) is 0 Å². The molecular formula is C16H28N2. The van der Waals surface area contributed by atoms with E-state index in [2.05, 4.69) is 11.8 Å². The number of likely N-dealkylation sites (N-methyl/N-ethyl adjacent to an activating group) is 1. The fourth-order valence-electron chi connectivity index (χ4n) is 6.20. The number of rotatable bonds is 4. The minimum absolute atomic E-state index is 0.406. The molecule has 0 radical (unpaired) electrons. The smallest absolute Gasteiger partial charge is 0.0391 e. The molecule has 0 unspecified atom stereocenters. The van der Waals surface area contributed by atoms with E-state index < -0.39 is 0 Å². The second-order valence-corrected chi connectivity index (χ2v) is 7.52. The van der Waals surface area contributed by atoms with E-state index in [0.717, 1.165) is 36.3 Å². The molecule has 2 N–H and O–H groups in total. The maximum atomic E-state index is 6.39. The van der Waals surface area contributed by atoms with Crippen LogP contribution in [-0.4, -0.2) is 29.6 Å². The van der Waals surface area contributed by atoms with Crippen molar-refractivity contribution in [3.8, 4) is 0 Å². The molecule has 5 rings (SSSR count). The van der Waals surface area contributed by atoms with Gasteiger partial charge in [0.1, 0.15) is 0 Å². The van der Waals surface area contributed by atoms with Gasteiger partial charge in [0, 0.05) is 18.1 Å². The van der Waals surface area contributed by atoms with E-state index in [-0.39, 0.29) is 0 Å². The van der Waals surface area contributed by atoms with E-state index in [9.17, 15) is 0 Å². The first kappa shape index (κ1) is 11.7. The first-order chi connectivity index (χ1) is 8.77. The Hall–Kier alpha value is -0.0800. The summed E-state index contributed by atoms with van der Waals surface area (Å²) in [6, 6.07) is 0.885. The highest BCUT2D eigenvalue weighted by atomic mass is 15.3. The van der Waals surface area contributed by atoms with E-state index in [0.29, 0.717) is 5.54 Å². The number of hydrogen-bond donors (Lipinski definition) is 1. The second kappa shape index (κ2) is 3.96. The van der Waals surface area contributed by atoms with Gasteiger partial charge in [0.2, 0.25) is 0 Å². The van der Waals surface area contributed by atoms with Gasteiger partial charge in [0.25, 0.3) is 0 Å². The summed E-state index contributed by atoms with van der Waals surface area (Å²) in [7, 11) is 0. The van der Waals surface area contributed by atoms with Crippen LogP contribution in [0.3, 0.4) is 0 Å². The molecule has 0 saturated heterocycles. The zero-order valence-electron chi connectivity index (χ0n) is 11.8. The molecule has 4 bridgehead atoms. The van der Waals surface area contributed by atoms with Crippen LogP contribution in [0.4, 0.5) is 0 Å². The van der Waals surface area contributed by atoms with Crippen molar-refractivity contribution in [2.75, 3.05) is 13.1 Å². The van der Waals surface area contributed by atoms with Gasteiger partial charge in [-0.2, -0.15) is 0 Å². The quantitative estimate of drug-likeness (QED) is 0.828. The number of nitrogens with zero attached hydrogens (tertiary/aromatic N) is 1. The molecule has 0 aromatic heterocycles. The third-order valence-corrected chi connectivity index (χ3v) is 6.74. The lowest BCUT2D eigenvalue weighted by atomic mass is 9.48. The summed E-state index contributed by atoms with van der Waals surface area (Å²) in [4.78, 5) is 2.86. The Labute approximate surface area is 111 Å². The van der Waals surface area contributed by atoms with Crippen molar-refractivity contribution in [2.45, 2.75) is 63.5 Å². The van der Waals surface area contributed by atoms with Crippen LogP contribution in [-0.2, 0) is 0 Å². The maximum Gasteiger partial charge on any atom is 0.0391 e. The molecule has 5 fully saturated rings. The highest BCUT2D eigenvalue weighted by Crippen LogP contribution is 2.61. The molecule has 0 heterocycles. The van der Waals surface area contributed by atoms with Gasteiger partial charge in [0.05, 0.1) is 0 Å². The van der Waals surface area contributed by atoms with Crippen LogP contribution in [0.2, 0.25) is 0 Å². The first-order valence-corrected chi connectivity index (χ1v) is 8.24. The highest BCUT2D eigenvalue weighted by molar-refractivity contribution is 5.14. The Morgan fingerprint density at radius 1 is 1.00 bits per heavy atom. The standard InChI is InChI=1S/C16H28N2/c1-2-18(15-3-4-15)16(10-17)13-6-11-5-12(8-13)9-14(16)7-11/h11-15H,2-10,17H2,1H3. The maximum absolute atomic E-state index is 6.39. The lowest BCUT2D eigenvalue weighted by Crippen LogP contribution is -2.69. The predicted octanol–water partition coefficient (Wildman–Crippen LogP) is 2.62. The Balaban J connectivity index is 1.70. The molecule has 0 aliphatic heterocycles. The molecule has 0 aromatic carbocycles. The van der Waals surface area contributed by atoms with E-state index in [1.54, 1.807) is 6.42 Å². The average Bonchev–Trinajstić information content (AvgIpc) is 3.17. The molecular weight excluding hydrogens is 220 g/mol. The van der Waals surface area contributed by atoms with Gasteiger partial charge < -0.3 is 5.73 Å². The average molecular weight is 248 g/mol. The Morgan fingerprint density at radius 2 is 1.56 bits per heavy atom. The summed E-state index contributed by atoms with van der Waals surface area (Å²) in [5, 5.41) is 0. The Bertz CT molecular complexity index is 306. The normalized spacial score (nSPS) is 50.2. The summed E-state index contributed by atoms with van der Waals surface area (Å²) in [6.07, 6.45) is 10.4. The minimum atomic E-state index is 0.406. The van der Waals surface area contributed by atoms with Crippen LogP contribution in [0, 0.1) is 23.7 Å². The lowest BCUT2D eigenvalue weighted by Gasteiger charge is -2.64. The first-order valence-electron chi connectivity index (χ1n) is 8.24. The van der Waals surface area contributed by atoms with Crippen molar-refractivity contribution >= 4 is 0 Å². The SMILES string of the molecule is CCN(C1CC1)C1(CN)C2CC3CC(C2)CC1C3. The summed E-state index contributed by atoms with van der Waals surface area (Å²) in [6.45, 7) is 4.51. The lowest BCUT2D eigenvalue weighted by molar-refractivity contribution is -0.133. The number of hydrogen-bond acceptors (Lipinski definition) is 2. The van der Waals surface area contributed by atoms with Crippen molar-refractivity contribution in [1.29, 1.82) is 0 Å². The van der Waals surface area contributed by atoms with Crippen LogP contribution >= 0.6 is 0 Å². The van der Waals surface area contributed by atoms with Crippen molar-refractivity contribution in [2.24, 2.45) is 29.4 Å². The van der Waals surface area contributed by atoms with Crippen molar-refractivity contribution in [3.05, 3.63) is 0 Å². The third kappa shape index (κ3) is 1.42. The summed E-state index contributed by atoms with van der Waals surface area (Å²) < 4.78 is 0. The van der Waals surface area contributed by atoms with Gasteiger partial charge in [-0.3, -0.25) is 4.90 Å². The molecule has 18 heavy (non-hydrogen) atoms.